The van der Waals surface area contributed by atoms with E-state index in [0.29, 0.717) is 50.5 Å². The maximum Gasteiger partial charge on any atom is 0.153 e. The molecule has 0 unspecified atom stereocenters. The average molecular weight is 299 g/mol. The van der Waals surface area contributed by atoms with Gasteiger partial charge in [0.15, 0.2) is 9.84 Å². The molecule has 1 aliphatic rings. The zero-order valence-electron chi connectivity index (χ0n) is 11.5. The van der Waals surface area contributed by atoms with Gasteiger partial charge in [-0.2, -0.15) is 0 Å². The number of benzene rings is 1. The summed E-state index contributed by atoms with van der Waals surface area (Å²) < 4.78 is 34.9. The number of nitrogens with two attached hydrogens (primary N) is 1. The van der Waals surface area contributed by atoms with Crippen molar-refractivity contribution in [2.75, 3.05) is 31.3 Å². The van der Waals surface area contributed by atoms with E-state index in [1.807, 2.05) is 12.1 Å². The second-order valence-electron chi connectivity index (χ2n) is 4.95. The maximum atomic E-state index is 12.1. The molecule has 20 heavy (non-hydrogen) atoms. The number of ether oxygens (including phenoxy) is 2. The number of hydrogen-bond acceptors (Lipinski definition) is 5. The molecule has 1 saturated heterocycles. The predicted octanol–water partition coefficient (Wildman–Crippen LogP) is 1.63. The van der Waals surface area contributed by atoms with Crippen LogP contribution in [0.15, 0.2) is 24.3 Å². The lowest BCUT2D eigenvalue weighted by molar-refractivity contribution is 0.0983. The van der Waals surface area contributed by atoms with Crippen LogP contribution in [0.1, 0.15) is 19.3 Å². The van der Waals surface area contributed by atoms with Gasteiger partial charge in [-0.1, -0.05) is 6.07 Å². The highest BCUT2D eigenvalue weighted by Crippen LogP contribution is 2.18. The summed E-state index contributed by atoms with van der Waals surface area (Å²) >= 11 is 0. The van der Waals surface area contributed by atoms with Crippen LogP contribution in [0.25, 0.3) is 0 Å². The standard InChI is InChI=1S/C14H21NO4S/c15-12-3-1-4-13(11-12)19-7-2-10-20(16,17)14-5-8-18-9-6-14/h1,3-4,11,14H,2,5-10,15H2. The Hall–Kier alpha value is -1.27. The Morgan fingerprint density at radius 3 is 2.75 bits per heavy atom. The Labute approximate surface area is 120 Å². The van der Waals surface area contributed by atoms with Gasteiger partial charge in [0.25, 0.3) is 0 Å². The van der Waals surface area contributed by atoms with E-state index in [1.54, 1.807) is 12.1 Å². The number of hydrogen-bond donors (Lipinski definition) is 1. The Balaban J connectivity index is 1.75. The van der Waals surface area contributed by atoms with Crippen molar-refractivity contribution in [3.05, 3.63) is 24.3 Å². The van der Waals surface area contributed by atoms with Gasteiger partial charge in [-0.25, -0.2) is 8.42 Å². The fraction of sp³-hybridized carbons (Fsp3) is 0.571. The smallest absolute Gasteiger partial charge is 0.153 e. The molecular formula is C14H21NO4S. The number of rotatable bonds is 6. The molecule has 5 nitrogen and oxygen atoms in total. The number of sulfone groups is 1. The largest absolute Gasteiger partial charge is 0.493 e. The highest BCUT2D eigenvalue weighted by Gasteiger charge is 2.27. The minimum atomic E-state index is -3.03. The van der Waals surface area contributed by atoms with Gasteiger partial charge in [-0.15, -0.1) is 0 Å². The predicted molar refractivity (Wildman–Crippen MR) is 78.6 cm³/mol. The second kappa shape index (κ2) is 6.95. The van der Waals surface area contributed by atoms with Gasteiger partial charge in [0, 0.05) is 25.0 Å². The lowest BCUT2D eigenvalue weighted by Crippen LogP contribution is -2.31. The third kappa shape index (κ3) is 4.38. The molecule has 0 bridgehead atoms. The van der Waals surface area contributed by atoms with Gasteiger partial charge in [-0.05, 0) is 31.4 Å². The Morgan fingerprint density at radius 2 is 2.05 bits per heavy atom. The van der Waals surface area contributed by atoms with Crippen molar-refractivity contribution < 1.29 is 17.9 Å². The van der Waals surface area contributed by atoms with Crippen molar-refractivity contribution in [1.82, 2.24) is 0 Å². The molecule has 1 aromatic carbocycles. The van der Waals surface area contributed by atoms with Gasteiger partial charge in [0.2, 0.25) is 0 Å². The zero-order valence-corrected chi connectivity index (χ0v) is 12.3. The van der Waals surface area contributed by atoms with Crippen LogP contribution in [0.3, 0.4) is 0 Å². The number of nitrogen functional groups attached to an aromatic ring is 1. The van der Waals surface area contributed by atoms with Crippen LogP contribution in [-0.4, -0.2) is 39.2 Å². The van der Waals surface area contributed by atoms with Crippen LogP contribution in [0.2, 0.25) is 0 Å². The molecule has 112 valence electrons. The highest BCUT2D eigenvalue weighted by molar-refractivity contribution is 7.92. The van der Waals surface area contributed by atoms with Gasteiger partial charge in [0.1, 0.15) is 5.75 Å². The topological polar surface area (TPSA) is 78.6 Å². The normalized spacial score (nSPS) is 17.0. The third-order valence-electron chi connectivity index (χ3n) is 3.38. The summed E-state index contributed by atoms with van der Waals surface area (Å²) in [4.78, 5) is 0. The minimum absolute atomic E-state index is 0.167. The number of anilines is 1. The Kier molecular flexibility index (Phi) is 5.25. The van der Waals surface area contributed by atoms with Gasteiger partial charge < -0.3 is 15.2 Å². The summed E-state index contributed by atoms with van der Waals surface area (Å²) in [6.45, 7) is 1.47. The fourth-order valence-corrected chi connectivity index (χ4v) is 4.02. The van der Waals surface area contributed by atoms with Gasteiger partial charge in [0.05, 0.1) is 17.6 Å². The van der Waals surface area contributed by atoms with Crippen LogP contribution in [0.5, 0.6) is 5.75 Å². The first-order valence-corrected chi connectivity index (χ1v) is 8.57. The van der Waals surface area contributed by atoms with E-state index >= 15 is 0 Å². The maximum absolute atomic E-state index is 12.1. The molecule has 1 aliphatic heterocycles. The second-order valence-corrected chi connectivity index (χ2v) is 7.35. The van der Waals surface area contributed by atoms with E-state index in [-0.39, 0.29) is 11.0 Å². The fourth-order valence-electron chi connectivity index (χ4n) is 2.26. The highest BCUT2D eigenvalue weighted by atomic mass is 32.2. The molecule has 6 heteroatoms. The summed E-state index contributed by atoms with van der Waals surface area (Å²) in [6, 6.07) is 7.13. The molecule has 1 aromatic rings. The first-order valence-electron chi connectivity index (χ1n) is 6.85. The van der Waals surface area contributed by atoms with E-state index in [1.165, 1.54) is 0 Å². The first kappa shape index (κ1) is 15.1. The van der Waals surface area contributed by atoms with E-state index in [4.69, 9.17) is 15.2 Å². The van der Waals surface area contributed by atoms with E-state index in [0.717, 1.165) is 0 Å². The van der Waals surface area contributed by atoms with Crippen LogP contribution in [0, 0.1) is 0 Å². The summed E-state index contributed by atoms with van der Waals surface area (Å²) in [5.41, 5.74) is 6.28. The summed E-state index contributed by atoms with van der Waals surface area (Å²) in [6.07, 6.45) is 1.71. The monoisotopic (exact) mass is 299 g/mol. The van der Waals surface area contributed by atoms with Crippen LogP contribution in [0.4, 0.5) is 5.69 Å². The van der Waals surface area contributed by atoms with E-state index in [9.17, 15) is 8.42 Å². The van der Waals surface area contributed by atoms with Gasteiger partial charge >= 0.3 is 0 Å². The van der Waals surface area contributed by atoms with Crippen molar-refractivity contribution in [3.8, 4) is 5.75 Å². The molecule has 0 saturated carbocycles. The summed E-state index contributed by atoms with van der Waals surface area (Å²) in [5.74, 6) is 0.841. The van der Waals surface area contributed by atoms with Crippen molar-refractivity contribution in [3.63, 3.8) is 0 Å². The van der Waals surface area contributed by atoms with Crippen molar-refractivity contribution in [1.29, 1.82) is 0 Å². The van der Waals surface area contributed by atoms with E-state index in [2.05, 4.69) is 0 Å². The molecule has 0 aliphatic carbocycles. The lowest BCUT2D eigenvalue weighted by atomic mass is 10.2. The quantitative estimate of drug-likeness (QED) is 0.638. The van der Waals surface area contributed by atoms with E-state index < -0.39 is 9.84 Å². The SMILES string of the molecule is Nc1cccc(OCCCS(=O)(=O)C2CCOCC2)c1. The van der Waals surface area contributed by atoms with Crippen molar-refractivity contribution in [2.45, 2.75) is 24.5 Å². The Morgan fingerprint density at radius 1 is 1.30 bits per heavy atom. The van der Waals surface area contributed by atoms with Crippen LogP contribution >= 0.6 is 0 Å². The zero-order chi connectivity index (χ0) is 14.4. The lowest BCUT2D eigenvalue weighted by Gasteiger charge is -2.22. The molecule has 2 rings (SSSR count). The molecule has 0 spiro atoms. The summed E-state index contributed by atoms with van der Waals surface area (Å²) in [5, 5.41) is -0.247. The van der Waals surface area contributed by atoms with Crippen LogP contribution in [-0.2, 0) is 14.6 Å². The van der Waals surface area contributed by atoms with Crippen molar-refractivity contribution >= 4 is 15.5 Å². The molecule has 0 amide bonds. The van der Waals surface area contributed by atoms with Crippen molar-refractivity contribution in [2.24, 2.45) is 0 Å². The molecule has 1 fully saturated rings. The summed E-state index contributed by atoms with van der Waals surface area (Å²) in [7, 11) is -3.03. The molecular weight excluding hydrogens is 278 g/mol. The minimum Gasteiger partial charge on any atom is -0.493 e. The average Bonchev–Trinajstić information content (AvgIpc) is 2.45. The molecule has 0 atom stereocenters. The van der Waals surface area contributed by atoms with Gasteiger partial charge in [-0.3, -0.25) is 0 Å². The van der Waals surface area contributed by atoms with Crippen LogP contribution < -0.4 is 10.5 Å². The first-order chi connectivity index (χ1) is 9.58. The molecule has 1 heterocycles. The molecule has 2 N–H and O–H groups in total. The Bertz CT molecular complexity index is 524. The third-order valence-corrected chi connectivity index (χ3v) is 5.72. The molecule has 0 radical (unpaired) electrons. The molecule has 0 aromatic heterocycles.